The van der Waals surface area contributed by atoms with Crippen LogP contribution in [0, 0.1) is 0 Å². The summed E-state index contributed by atoms with van der Waals surface area (Å²) in [6, 6.07) is 12.4. The normalized spacial score (nSPS) is 12.1. The number of pyridine rings is 1. The molecule has 0 aliphatic carbocycles. The zero-order valence-electron chi connectivity index (χ0n) is 10.00. The highest BCUT2D eigenvalue weighted by molar-refractivity contribution is 7.84. The molecule has 0 spiro atoms. The van der Waals surface area contributed by atoms with Crippen molar-refractivity contribution in [1.29, 1.82) is 0 Å². The molecule has 0 aliphatic rings. The first-order valence-electron chi connectivity index (χ1n) is 5.43. The van der Waals surface area contributed by atoms with Gasteiger partial charge in [0.15, 0.2) is 0 Å². The number of hydrogen-bond donors (Lipinski definition) is 1. The third-order valence-electron chi connectivity index (χ3n) is 2.41. The number of ether oxygens (including phenoxy) is 1. The van der Waals surface area contributed by atoms with Gasteiger partial charge in [-0.05, 0) is 30.3 Å². The Bertz CT molecular complexity index is 555. The Labute approximate surface area is 108 Å². The van der Waals surface area contributed by atoms with Gasteiger partial charge >= 0.3 is 0 Å². The minimum Gasteiger partial charge on any atom is -0.481 e. The maximum atomic E-state index is 12.1. The van der Waals surface area contributed by atoms with E-state index in [2.05, 4.69) is 4.98 Å². The standard InChI is InChI=1S/C13H14N2O2S/c1-17-13-4-2-3-11(15-13)9-18(16)12-7-5-10(14)6-8-12/h2-8H,9,14H2,1H3. The Hall–Kier alpha value is -1.88. The Kier molecular flexibility index (Phi) is 3.94. The van der Waals surface area contributed by atoms with Gasteiger partial charge in [0, 0.05) is 16.6 Å². The molecule has 0 radical (unpaired) electrons. The summed E-state index contributed by atoms with van der Waals surface area (Å²) in [4.78, 5) is 4.98. The monoisotopic (exact) mass is 262 g/mol. The second-order valence-corrected chi connectivity index (χ2v) is 5.18. The largest absolute Gasteiger partial charge is 0.481 e. The molecule has 1 unspecified atom stereocenters. The van der Waals surface area contributed by atoms with Crippen molar-refractivity contribution in [2.75, 3.05) is 12.8 Å². The highest BCUT2D eigenvalue weighted by atomic mass is 32.2. The number of aromatic nitrogens is 1. The third kappa shape index (κ3) is 3.07. The molecule has 1 heterocycles. The molecule has 0 amide bonds. The molecule has 94 valence electrons. The predicted molar refractivity (Wildman–Crippen MR) is 71.8 cm³/mol. The van der Waals surface area contributed by atoms with Gasteiger partial charge in [-0.15, -0.1) is 0 Å². The highest BCUT2D eigenvalue weighted by Crippen LogP contribution is 2.15. The maximum Gasteiger partial charge on any atom is 0.213 e. The van der Waals surface area contributed by atoms with Crippen molar-refractivity contribution in [3.05, 3.63) is 48.2 Å². The molecule has 2 rings (SSSR count). The van der Waals surface area contributed by atoms with E-state index in [0.29, 0.717) is 17.3 Å². The summed E-state index contributed by atoms with van der Waals surface area (Å²) in [5.74, 6) is 0.892. The van der Waals surface area contributed by atoms with Crippen LogP contribution in [0.5, 0.6) is 5.88 Å². The summed E-state index contributed by atoms with van der Waals surface area (Å²) < 4.78 is 17.1. The van der Waals surface area contributed by atoms with E-state index in [9.17, 15) is 4.21 Å². The van der Waals surface area contributed by atoms with E-state index in [-0.39, 0.29) is 0 Å². The molecular weight excluding hydrogens is 248 g/mol. The highest BCUT2D eigenvalue weighted by Gasteiger charge is 2.06. The van der Waals surface area contributed by atoms with Gasteiger partial charge in [0.2, 0.25) is 5.88 Å². The lowest BCUT2D eigenvalue weighted by atomic mass is 10.3. The minimum absolute atomic E-state index is 0.362. The van der Waals surface area contributed by atoms with E-state index in [1.54, 1.807) is 37.4 Å². The van der Waals surface area contributed by atoms with Gasteiger partial charge in [-0.1, -0.05) is 6.07 Å². The Balaban J connectivity index is 2.13. The van der Waals surface area contributed by atoms with Crippen molar-refractivity contribution >= 4 is 16.5 Å². The number of nitrogen functional groups attached to an aromatic ring is 1. The summed E-state index contributed by atoms with van der Waals surface area (Å²) in [6.45, 7) is 0. The third-order valence-corrected chi connectivity index (χ3v) is 3.77. The predicted octanol–water partition coefficient (Wildman–Crippen LogP) is 1.98. The number of methoxy groups -OCH3 is 1. The summed E-state index contributed by atoms with van der Waals surface area (Å²) in [6.07, 6.45) is 0. The quantitative estimate of drug-likeness (QED) is 0.856. The van der Waals surface area contributed by atoms with Crippen LogP contribution < -0.4 is 10.5 Å². The molecule has 1 aromatic heterocycles. The summed E-state index contributed by atoms with van der Waals surface area (Å²) >= 11 is 0. The Morgan fingerprint density at radius 2 is 1.94 bits per heavy atom. The number of anilines is 1. The second-order valence-electron chi connectivity index (χ2n) is 3.73. The molecule has 1 aromatic carbocycles. The lowest BCUT2D eigenvalue weighted by molar-refractivity contribution is 0.397. The van der Waals surface area contributed by atoms with E-state index in [0.717, 1.165) is 10.6 Å². The van der Waals surface area contributed by atoms with E-state index < -0.39 is 10.8 Å². The van der Waals surface area contributed by atoms with Gasteiger partial charge in [-0.3, -0.25) is 4.21 Å². The SMILES string of the molecule is COc1cccc(CS(=O)c2ccc(N)cc2)n1. The molecule has 0 saturated carbocycles. The number of hydrogen-bond acceptors (Lipinski definition) is 4. The molecule has 0 fully saturated rings. The molecule has 2 N–H and O–H groups in total. The molecule has 4 nitrogen and oxygen atoms in total. The van der Waals surface area contributed by atoms with Crippen LogP contribution in [-0.2, 0) is 16.6 Å². The molecule has 18 heavy (non-hydrogen) atoms. The molecule has 0 saturated heterocycles. The molecule has 1 atom stereocenters. The van der Waals surface area contributed by atoms with Crippen LogP contribution in [-0.4, -0.2) is 16.3 Å². The lowest BCUT2D eigenvalue weighted by Gasteiger charge is -2.04. The van der Waals surface area contributed by atoms with Crippen LogP contribution >= 0.6 is 0 Å². The van der Waals surface area contributed by atoms with E-state index >= 15 is 0 Å². The number of nitrogens with two attached hydrogens (primary N) is 1. The number of rotatable bonds is 4. The van der Waals surface area contributed by atoms with Crippen LogP contribution in [0.25, 0.3) is 0 Å². The fraction of sp³-hybridized carbons (Fsp3) is 0.154. The van der Waals surface area contributed by atoms with Crippen molar-refractivity contribution in [1.82, 2.24) is 4.98 Å². The van der Waals surface area contributed by atoms with Crippen LogP contribution in [0.15, 0.2) is 47.4 Å². The van der Waals surface area contributed by atoms with Crippen molar-refractivity contribution in [2.24, 2.45) is 0 Å². The van der Waals surface area contributed by atoms with Crippen molar-refractivity contribution in [3.8, 4) is 5.88 Å². The average molecular weight is 262 g/mol. The van der Waals surface area contributed by atoms with Gasteiger partial charge in [-0.2, -0.15) is 0 Å². The summed E-state index contributed by atoms with van der Waals surface area (Å²) in [5.41, 5.74) is 6.99. The van der Waals surface area contributed by atoms with E-state index in [1.807, 2.05) is 12.1 Å². The zero-order chi connectivity index (χ0) is 13.0. The van der Waals surface area contributed by atoms with Gasteiger partial charge in [0.25, 0.3) is 0 Å². The van der Waals surface area contributed by atoms with Gasteiger partial charge in [-0.25, -0.2) is 4.98 Å². The van der Waals surface area contributed by atoms with Gasteiger partial charge in [0.1, 0.15) is 0 Å². The summed E-state index contributed by atoms with van der Waals surface area (Å²) in [7, 11) is 0.432. The number of nitrogens with zero attached hydrogens (tertiary/aromatic N) is 1. The van der Waals surface area contributed by atoms with Gasteiger partial charge < -0.3 is 10.5 Å². The first kappa shape index (κ1) is 12.6. The first-order chi connectivity index (χ1) is 8.69. The van der Waals surface area contributed by atoms with Crippen molar-refractivity contribution < 1.29 is 8.95 Å². The minimum atomic E-state index is -1.13. The fourth-order valence-electron chi connectivity index (χ4n) is 1.49. The van der Waals surface area contributed by atoms with Gasteiger partial charge in [0.05, 0.1) is 29.4 Å². The Morgan fingerprint density at radius 1 is 1.22 bits per heavy atom. The fourth-order valence-corrected chi connectivity index (χ4v) is 2.52. The van der Waals surface area contributed by atoms with E-state index in [4.69, 9.17) is 10.5 Å². The number of benzene rings is 1. The molecule has 0 bridgehead atoms. The van der Waals surface area contributed by atoms with Crippen LogP contribution in [0.3, 0.4) is 0 Å². The molecule has 0 aliphatic heterocycles. The molecule has 2 aromatic rings. The Morgan fingerprint density at radius 3 is 2.61 bits per heavy atom. The maximum absolute atomic E-state index is 12.1. The smallest absolute Gasteiger partial charge is 0.213 e. The molecule has 5 heteroatoms. The van der Waals surface area contributed by atoms with Crippen LogP contribution in [0.4, 0.5) is 5.69 Å². The zero-order valence-corrected chi connectivity index (χ0v) is 10.8. The second kappa shape index (κ2) is 5.64. The van der Waals surface area contributed by atoms with E-state index in [1.165, 1.54) is 0 Å². The van der Waals surface area contributed by atoms with Crippen LogP contribution in [0.2, 0.25) is 0 Å². The molecular formula is C13H14N2O2S. The summed E-state index contributed by atoms with van der Waals surface area (Å²) in [5, 5.41) is 0. The van der Waals surface area contributed by atoms with Crippen molar-refractivity contribution in [2.45, 2.75) is 10.6 Å². The topological polar surface area (TPSA) is 65.2 Å². The first-order valence-corrected chi connectivity index (χ1v) is 6.75. The lowest BCUT2D eigenvalue weighted by Crippen LogP contribution is -2.00. The van der Waals surface area contributed by atoms with Crippen molar-refractivity contribution in [3.63, 3.8) is 0 Å². The average Bonchev–Trinajstić information content (AvgIpc) is 2.39. The van der Waals surface area contributed by atoms with Crippen LogP contribution in [0.1, 0.15) is 5.69 Å².